The summed E-state index contributed by atoms with van der Waals surface area (Å²) in [6, 6.07) is 8.50. The van der Waals surface area contributed by atoms with E-state index in [1.54, 1.807) is 37.4 Å². The quantitative estimate of drug-likeness (QED) is 0.647. The van der Waals surface area contributed by atoms with E-state index in [9.17, 15) is 15.3 Å². The van der Waals surface area contributed by atoms with Crippen LogP contribution in [0.1, 0.15) is 0 Å². The Bertz CT molecular complexity index is 538. The highest BCUT2D eigenvalue weighted by molar-refractivity contribution is 5.63. The van der Waals surface area contributed by atoms with Crippen LogP contribution in [0, 0.1) is 10.1 Å². The Hall–Kier alpha value is -2.41. The van der Waals surface area contributed by atoms with Gasteiger partial charge in [-0.3, -0.25) is 9.77 Å². The third-order valence-corrected chi connectivity index (χ3v) is 2.26. The van der Waals surface area contributed by atoms with Gasteiger partial charge in [-0.15, -0.1) is 0 Å². The molecule has 0 saturated carbocycles. The van der Waals surface area contributed by atoms with E-state index in [0.717, 1.165) is 5.06 Å². The van der Waals surface area contributed by atoms with Crippen LogP contribution in [0.4, 0.5) is 17.3 Å². The average Bonchev–Trinajstić information content (AvgIpc) is 2.71. The van der Waals surface area contributed by atoms with E-state index in [2.05, 4.69) is 4.98 Å². The molecule has 1 aromatic carbocycles. The largest absolute Gasteiger partial charge is 0.409 e. The summed E-state index contributed by atoms with van der Waals surface area (Å²) in [5, 5.41) is 21.5. The van der Waals surface area contributed by atoms with Crippen LogP contribution >= 0.6 is 0 Å². The first kappa shape index (κ1) is 11.1. The number of anilines is 2. The summed E-state index contributed by atoms with van der Waals surface area (Å²) in [5.41, 5.74) is 0.430. The lowest BCUT2D eigenvalue weighted by molar-refractivity contribution is -0.388. The molecule has 1 N–H and O–H groups in total. The van der Waals surface area contributed by atoms with Gasteiger partial charge in [0.15, 0.2) is 0 Å². The Balaban J connectivity index is 2.47. The lowest BCUT2D eigenvalue weighted by Gasteiger charge is -2.15. The van der Waals surface area contributed by atoms with Crippen LogP contribution in [0.15, 0.2) is 36.7 Å². The van der Waals surface area contributed by atoms with Gasteiger partial charge in [0.2, 0.25) is 12.1 Å². The molecule has 1 heterocycles. The van der Waals surface area contributed by atoms with E-state index in [1.807, 2.05) is 0 Å². The molecule has 0 fully saturated rings. The van der Waals surface area contributed by atoms with Crippen molar-refractivity contribution in [2.24, 2.45) is 7.05 Å². The van der Waals surface area contributed by atoms with Crippen molar-refractivity contribution in [2.75, 3.05) is 5.06 Å². The highest BCUT2D eigenvalue weighted by atomic mass is 16.6. The third kappa shape index (κ3) is 1.95. The molecule has 0 aliphatic heterocycles. The standard InChI is InChI=1S/C10H10N4O3/c1-12-7-11-9(14(16)17)10(12)13(15)8-5-3-2-4-6-8/h2-7,15H,1H3. The number of aryl methyl sites for hydroxylation is 1. The van der Waals surface area contributed by atoms with E-state index in [4.69, 9.17) is 0 Å². The summed E-state index contributed by atoms with van der Waals surface area (Å²) in [6.45, 7) is 0. The molecule has 0 bridgehead atoms. The van der Waals surface area contributed by atoms with E-state index in [1.165, 1.54) is 10.9 Å². The Kier molecular flexibility index (Phi) is 2.75. The lowest BCUT2D eigenvalue weighted by Crippen LogP contribution is -2.15. The van der Waals surface area contributed by atoms with E-state index >= 15 is 0 Å². The summed E-state index contributed by atoms with van der Waals surface area (Å²) in [5.74, 6) is -0.375. The van der Waals surface area contributed by atoms with Crippen molar-refractivity contribution in [3.8, 4) is 0 Å². The number of benzene rings is 1. The van der Waals surface area contributed by atoms with Gasteiger partial charge < -0.3 is 10.1 Å². The van der Waals surface area contributed by atoms with E-state index in [-0.39, 0.29) is 11.6 Å². The van der Waals surface area contributed by atoms with Gasteiger partial charge in [-0.05, 0) is 22.0 Å². The molecule has 0 spiro atoms. The normalized spacial score (nSPS) is 10.2. The van der Waals surface area contributed by atoms with Gasteiger partial charge in [-0.2, -0.15) is 5.06 Å². The maximum atomic E-state index is 10.8. The fourth-order valence-corrected chi connectivity index (χ4v) is 1.48. The Morgan fingerprint density at radius 1 is 1.41 bits per heavy atom. The first-order valence-electron chi connectivity index (χ1n) is 4.81. The minimum atomic E-state index is -0.637. The van der Waals surface area contributed by atoms with Crippen molar-refractivity contribution in [2.45, 2.75) is 0 Å². The average molecular weight is 234 g/mol. The Labute approximate surface area is 96.7 Å². The number of aromatic nitrogens is 2. The van der Waals surface area contributed by atoms with Crippen LogP contribution in [0.3, 0.4) is 0 Å². The van der Waals surface area contributed by atoms with Crippen molar-refractivity contribution in [3.63, 3.8) is 0 Å². The van der Waals surface area contributed by atoms with Crippen LogP contribution in [0.25, 0.3) is 0 Å². The summed E-state index contributed by atoms with van der Waals surface area (Å²) < 4.78 is 1.38. The molecule has 2 rings (SSSR count). The second-order valence-corrected chi connectivity index (χ2v) is 3.41. The number of hydrogen-bond donors (Lipinski definition) is 1. The van der Waals surface area contributed by atoms with Gasteiger partial charge >= 0.3 is 5.82 Å². The summed E-state index contributed by atoms with van der Waals surface area (Å²) in [4.78, 5) is 13.7. The Morgan fingerprint density at radius 2 is 2.06 bits per heavy atom. The van der Waals surface area contributed by atoms with Crippen LogP contribution in [-0.2, 0) is 7.05 Å². The molecule has 0 aliphatic carbocycles. The molecule has 0 amide bonds. The van der Waals surface area contributed by atoms with Crippen molar-refractivity contribution in [3.05, 3.63) is 46.8 Å². The number of imidazole rings is 1. The number of para-hydroxylation sites is 1. The molecule has 0 unspecified atom stereocenters. The zero-order valence-corrected chi connectivity index (χ0v) is 9.02. The van der Waals surface area contributed by atoms with Crippen molar-refractivity contribution in [1.82, 2.24) is 9.55 Å². The first-order chi connectivity index (χ1) is 8.11. The van der Waals surface area contributed by atoms with Crippen LogP contribution in [0.2, 0.25) is 0 Å². The minimum Gasteiger partial charge on any atom is -0.358 e. The third-order valence-electron chi connectivity index (χ3n) is 2.26. The zero-order valence-electron chi connectivity index (χ0n) is 9.02. The van der Waals surface area contributed by atoms with Gasteiger partial charge in [-0.1, -0.05) is 18.2 Å². The predicted octanol–water partition coefficient (Wildman–Crippen LogP) is 1.86. The molecule has 1 aromatic heterocycles. The number of nitrogens with zero attached hydrogens (tertiary/aromatic N) is 4. The fraction of sp³-hybridized carbons (Fsp3) is 0.100. The van der Waals surface area contributed by atoms with Gasteiger partial charge in [0.25, 0.3) is 0 Å². The van der Waals surface area contributed by atoms with Crippen LogP contribution < -0.4 is 5.06 Å². The second-order valence-electron chi connectivity index (χ2n) is 3.41. The minimum absolute atomic E-state index is 0.0150. The topological polar surface area (TPSA) is 84.4 Å². The van der Waals surface area contributed by atoms with Gasteiger partial charge in [-0.25, -0.2) is 0 Å². The number of rotatable bonds is 3. The van der Waals surface area contributed by atoms with E-state index < -0.39 is 4.92 Å². The van der Waals surface area contributed by atoms with Gasteiger partial charge in [0.05, 0.1) is 5.69 Å². The molecule has 0 aliphatic rings. The molecule has 2 aromatic rings. The summed E-state index contributed by atoms with van der Waals surface area (Å²) in [7, 11) is 1.57. The molecule has 0 saturated heterocycles. The van der Waals surface area contributed by atoms with Crippen LogP contribution in [0.5, 0.6) is 0 Å². The molecule has 7 heteroatoms. The lowest BCUT2D eigenvalue weighted by atomic mass is 10.3. The SMILES string of the molecule is Cn1cnc([N+](=O)[O-])c1N(O)c1ccccc1. The number of nitro groups is 1. The maximum Gasteiger partial charge on any atom is 0.409 e. The van der Waals surface area contributed by atoms with Crippen molar-refractivity contribution < 1.29 is 10.1 Å². The number of hydrogen-bond acceptors (Lipinski definition) is 5. The maximum absolute atomic E-state index is 10.8. The fourth-order valence-electron chi connectivity index (χ4n) is 1.48. The smallest absolute Gasteiger partial charge is 0.358 e. The highest BCUT2D eigenvalue weighted by Gasteiger charge is 2.25. The monoisotopic (exact) mass is 234 g/mol. The second kappa shape index (κ2) is 4.22. The summed E-state index contributed by atoms with van der Waals surface area (Å²) >= 11 is 0. The molecular formula is C10H10N4O3. The molecule has 7 nitrogen and oxygen atoms in total. The van der Waals surface area contributed by atoms with Crippen molar-refractivity contribution in [1.29, 1.82) is 0 Å². The highest BCUT2D eigenvalue weighted by Crippen LogP contribution is 2.30. The molecule has 0 radical (unpaired) electrons. The predicted molar refractivity (Wildman–Crippen MR) is 60.2 cm³/mol. The van der Waals surface area contributed by atoms with Crippen molar-refractivity contribution >= 4 is 17.3 Å². The Morgan fingerprint density at radius 3 is 2.65 bits per heavy atom. The molecule has 88 valence electrons. The van der Waals surface area contributed by atoms with Gasteiger partial charge in [0.1, 0.15) is 0 Å². The summed E-state index contributed by atoms with van der Waals surface area (Å²) in [6.07, 6.45) is 1.28. The molecule has 17 heavy (non-hydrogen) atoms. The van der Waals surface area contributed by atoms with Crippen LogP contribution in [-0.4, -0.2) is 19.7 Å². The zero-order chi connectivity index (χ0) is 12.4. The molecule has 0 atom stereocenters. The first-order valence-corrected chi connectivity index (χ1v) is 4.81. The van der Waals surface area contributed by atoms with Gasteiger partial charge in [0, 0.05) is 7.05 Å². The van der Waals surface area contributed by atoms with E-state index in [0.29, 0.717) is 5.69 Å². The molecular weight excluding hydrogens is 224 g/mol.